The molecule has 0 amide bonds. The van der Waals surface area contributed by atoms with Gasteiger partial charge in [-0.05, 0) is 13.8 Å². The molecule has 1 rings (SSSR count). The zero-order valence-electron chi connectivity index (χ0n) is 10.5. The number of nitrogens with one attached hydrogen (secondary N) is 2. The van der Waals surface area contributed by atoms with E-state index in [9.17, 15) is 10.1 Å². The number of halogens is 1. The average Bonchev–Trinajstić information content (AvgIpc) is 2.30. The third kappa shape index (κ3) is 3.67. The molecule has 8 nitrogen and oxygen atoms in total. The Morgan fingerprint density at radius 3 is 2.44 bits per heavy atom. The highest BCUT2D eigenvalue weighted by Crippen LogP contribution is 2.28. The lowest BCUT2D eigenvalue weighted by molar-refractivity contribution is -0.413. The van der Waals surface area contributed by atoms with Crippen LogP contribution in [0.4, 0.5) is 17.3 Å². The molecule has 0 unspecified atom stereocenters. The maximum absolute atomic E-state index is 11.0. The van der Waals surface area contributed by atoms with Gasteiger partial charge in [0.1, 0.15) is 0 Å². The summed E-state index contributed by atoms with van der Waals surface area (Å²) in [7, 11) is 1.61. The van der Waals surface area contributed by atoms with Crippen LogP contribution in [0.5, 0.6) is 0 Å². The Labute approximate surface area is 111 Å². The van der Waals surface area contributed by atoms with Crippen LogP contribution in [-0.4, -0.2) is 35.5 Å². The highest BCUT2D eigenvalue weighted by atomic mass is 35.5. The summed E-state index contributed by atoms with van der Waals surface area (Å²) >= 11 is 0. The van der Waals surface area contributed by atoms with Gasteiger partial charge in [0, 0.05) is 7.05 Å². The van der Waals surface area contributed by atoms with Gasteiger partial charge in [0.05, 0.1) is 18.0 Å². The van der Waals surface area contributed by atoms with Crippen molar-refractivity contribution in [2.24, 2.45) is 0 Å². The second-order valence-electron chi connectivity index (χ2n) is 3.13. The lowest BCUT2D eigenvalue weighted by atomic mass is 10.3. The second-order valence-corrected chi connectivity index (χ2v) is 3.13. The van der Waals surface area contributed by atoms with Crippen LogP contribution in [0.1, 0.15) is 13.8 Å². The lowest BCUT2D eigenvalue weighted by Gasteiger charge is -2.14. The molecule has 0 aliphatic heterocycles. The molecule has 0 saturated carbocycles. The SMILES string of the molecule is CCN(CC)c1[nH+]cnc(NC)c1[N+](=O)[O-].O.[Cl-]. The largest absolute Gasteiger partial charge is 1.00 e. The van der Waals surface area contributed by atoms with E-state index in [1.54, 1.807) is 7.05 Å². The van der Waals surface area contributed by atoms with E-state index >= 15 is 0 Å². The van der Waals surface area contributed by atoms with Crippen molar-refractivity contribution in [1.29, 1.82) is 0 Å². The molecule has 1 heterocycles. The minimum atomic E-state index is -0.428. The summed E-state index contributed by atoms with van der Waals surface area (Å²) in [6, 6.07) is 0. The van der Waals surface area contributed by atoms with Crippen LogP contribution < -0.4 is 27.6 Å². The number of H-pyrrole nitrogens is 1. The van der Waals surface area contributed by atoms with E-state index in [-0.39, 0.29) is 29.4 Å². The molecule has 0 spiro atoms. The Hall–Kier alpha value is -1.67. The van der Waals surface area contributed by atoms with E-state index < -0.39 is 4.92 Å². The van der Waals surface area contributed by atoms with Crippen LogP contribution >= 0.6 is 0 Å². The maximum Gasteiger partial charge on any atom is 0.399 e. The third-order valence-corrected chi connectivity index (χ3v) is 2.34. The van der Waals surface area contributed by atoms with Crippen molar-refractivity contribution in [3.63, 3.8) is 0 Å². The number of aromatic amines is 1. The summed E-state index contributed by atoms with van der Waals surface area (Å²) in [6.07, 6.45) is 1.45. The first kappa shape index (κ1) is 18.7. The first-order valence-electron chi connectivity index (χ1n) is 5.13. The van der Waals surface area contributed by atoms with Gasteiger partial charge in [-0.25, -0.2) is 4.98 Å². The molecular weight excluding hydrogens is 262 g/mol. The summed E-state index contributed by atoms with van der Waals surface area (Å²) in [5.74, 6) is 0.750. The quantitative estimate of drug-likeness (QED) is 0.452. The molecule has 0 saturated heterocycles. The summed E-state index contributed by atoms with van der Waals surface area (Å²) in [5.41, 5.74) is -0.0197. The number of nitrogens with zero attached hydrogens (tertiary/aromatic N) is 3. The molecule has 0 atom stereocenters. The van der Waals surface area contributed by atoms with Gasteiger partial charge in [-0.15, -0.1) is 0 Å². The van der Waals surface area contributed by atoms with Gasteiger partial charge < -0.3 is 23.2 Å². The van der Waals surface area contributed by atoms with Crippen LogP contribution in [0.25, 0.3) is 0 Å². The molecular formula is C9H18ClN5O3. The van der Waals surface area contributed by atoms with E-state index in [0.717, 1.165) is 0 Å². The van der Waals surface area contributed by atoms with E-state index in [0.29, 0.717) is 18.9 Å². The fourth-order valence-corrected chi connectivity index (χ4v) is 1.54. The van der Waals surface area contributed by atoms with Crippen molar-refractivity contribution in [2.45, 2.75) is 13.8 Å². The first-order chi connectivity index (χ1) is 7.65. The highest BCUT2D eigenvalue weighted by Gasteiger charge is 2.30. The van der Waals surface area contributed by atoms with Crippen LogP contribution in [0, 0.1) is 10.1 Å². The van der Waals surface area contributed by atoms with Crippen LogP contribution in [0.3, 0.4) is 0 Å². The highest BCUT2D eigenvalue weighted by molar-refractivity contribution is 5.67. The standard InChI is InChI=1S/C9H15N5O2.ClH.H2O/c1-4-13(5-2)9-7(14(15)16)8(10-3)11-6-12-9;;/h6H,4-5H2,1-3H3,(H,10,11,12);1H;1H2. The summed E-state index contributed by atoms with van der Waals surface area (Å²) in [6.45, 7) is 5.28. The molecule has 0 bridgehead atoms. The van der Waals surface area contributed by atoms with Crippen molar-refractivity contribution >= 4 is 17.3 Å². The number of hydrogen-bond donors (Lipinski definition) is 1. The van der Waals surface area contributed by atoms with Gasteiger partial charge in [0.25, 0.3) is 5.82 Å². The predicted octanol–water partition coefficient (Wildman–Crippen LogP) is -3.13. The van der Waals surface area contributed by atoms with Gasteiger partial charge in [-0.2, -0.15) is 0 Å². The Bertz CT molecular complexity index is 386. The molecule has 0 aliphatic rings. The zero-order chi connectivity index (χ0) is 12.1. The van der Waals surface area contributed by atoms with E-state index in [2.05, 4.69) is 15.3 Å². The Kier molecular flexibility index (Phi) is 8.75. The van der Waals surface area contributed by atoms with Gasteiger partial charge in [0.2, 0.25) is 6.33 Å². The second kappa shape index (κ2) is 8.43. The molecule has 9 heteroatoms. The number of hydrogen-bond acceptors (Lipinski definition) is 5. The van der Waals surface area contributed by atoms with Crippen molar-refractivity contribution in [3.05, 3.63) is 16.4 Å². The molecule has 0 radical (unpaired) electrons. The number of nitro groups is 1. The summed E-state index contributed by atoms with van der Waals surface area (Å²) < 4.78 is 0. The Balaban J connectivity index is 0. The van der Waals surface area contributed by atoms with Crippen molar-refractivity contribution in [3.8, 4) is 0 Å². The normalized spacial score (nSPS) is 8.83. The van der Waals surface area contributed by atoms with Crippen molar-refractivity contribution in [2.75, 3.05) is 30.4 Å². The molecule has 0 fully saturated rings. The predicted molar refractivity (Wildman–Crippen MR) is 64.2 cm³/mol. The molecule has 18 heavy (non-hydrogen) atoms. The molecule has 0 aliphatic carbocycles. The fraction of sp³-hybridized carbons (Fsp3) is 0.556. The molecule has 1 aromatic heterocycles. The monoisotopic (exact) mass is 279 g/mol. The van der Waals surface area contributed by atoms with Crippen LogP contribution in [-0.2, 0) is 0 Å². The summed E-state index contributed by atoms with van der Waals surface area (Å²) in [5, 5.41) is 13.7. The van der Waals surface area contributed by atoms with Gasteiger partial charge in [0.15, 0.2) is 0 Å². The zero-order valence-corrected chi connectivity index (χ0v) is 11.3. The smallest absolute Gasteiger partial charge is 0.399 e. The van der Waals surface area contributed by atoms with Crippen molar-refractivity contribution in [1.82, 2.24) is 4.98 Å². The topological polar surface area (TPSA) is 117 Å². The van der Waals surface area contributed by atoms with E-state index in [1.807, 2.05) is 18.7 Å². The lowest BCUT2D eigenvalue weighted by Crippen LogP contribution is -3.00. The minimum absolute atomic E-state index is 0. The van der Waals surface area contributed by atoms with E-state index in [4.69, 9.17) is 0 Å². The number of aromatic nitrogens is 2. The Morgan fingerprint density at radius 1 is 1.50 bits per heavy atom. The van der Waals surface area contributed by atoms with E-state index in [1.165, 1.54) is 6.33 Å². The summed E-state index contributed by atoms with van der Waals surface area (Å²) in [4.78, 5) is 19.2. The molecule has 4 N–H and O–H groups in total. The molecule has 1 aromatic rings. The average molecular weight is 280 g/mol. The molecule has 104 valence electrons. The maximum atomic E-state index is 11.0. The third-order valence-electron chi connectivity index (χ3n) is 2.34. The first-order valence-corrected chi connectivity index (χ1v) is 5.13. The van der Waals surface area contributed by atoms with Gasteiger partial charge in [-0.1, -0.05) is 4.98 Å². The fourth-order valence-electron chi connectivity index (χ4n) is 1.54. The van der Waals surface area contributed by atoms with Gasteiger partial charge in [-0.3, -0.25) is 15.0 Å². The number of rotatable bonds is 5. The van der Waals surface area contributed by atoms with Gasteiger partial charge >= 0.3 is 11.5 Å². The number of anilines is 2. The van der Waals surface area contributed by atoms with Crippen LogP contribution in [0.15, 0.2) is 6.33 Å². The minimum Gasteiger partial charge on any atom is -1.00 e. The van der Waals surface area contributed by atoms with Crippen LogP contribution in [0.2, 0.25) is 0 Å². The molecule has 0 aromatic carbocycles. The van der Waals surface area contributed by atoms with Crippen molar-refractivity contribution < 1.29 is 27.8 Å². The Morgan fingerprint density at radius 2 is 2.06 bits per heavy atom.